The molecule has 9 heteroatoms. The lowest BCUT2D eigenvalue weighted by atomic mass is 10.1. The van der Waals surface area contributed by atoms with Crippen LogP contribution >= 0.6 is 0 Å². The zero-order chi connectivity index (χ0) is 21.8. The Kier molecular flexibility index (Phi) is 6.03. The predicted octanol–water partition coefficient (Wildman–Crippen LogP) is 3.63. The first kappa shape index (κ1) is 20.7. The summed E-state index contributed by atoms with van der Waals surface area (Å²) in [5.41, 5.74) is 1.66. The summed E-state index contributed by atoms with van der Waals surface area (Å²) in [5.74, 6) is -0.949. The zero-order valence-corrected chi connectivity index (χ0v) is 17.0. The van der Waals surface area contributed by atoms with Crippen LogP contribution in [-0.2, 0) is 0 Å². The van der Waals surface area contributed by atoms with Crippen LogP contribution in [0.5, 0.6) is 0 Å². The maximum atomic E-state index is 14.1. The fourth-order valence-electron chi connectivity index (χ4n) is 3.24. The van der Waals surface area contributed by atoms with Crippen molar-refractivity contribution < 1.29 is 13.6 Å². The SMILES string of the molecule is CN1CCN(C(=O)c2cccc(Nc3ncc(F)c(Nc4ccc(F)cc4)n3)c2)CC1. The molecule has 3 aromatic rings. The molecule has 1 amide bonds. The number of carbonyl (C=O) groups excluding carboxylic acids is 1. The van der Waals surface area contributed by atoms with Gasteiger partial charge in [-0.15, -0.1) is 0 Å². The smallest absolute Gasteiger partial charge is 0.254 e. The minimum Gasteiger partial charge on any atom is -0.338 e. The Morgan fingerprint density at radius 2 is 1.71 bits per heavy atom. The monoisotopic (exact) mass is 424 g/mol. The minimum atomic E-state index is -0.645. The molecule has 1 aliphatic heterocycles. The van der Waals surface area contributed by atoms with Crippen LogP contribution in [0.25, 0.3) is 0 Å². The third-order valence-electron chi connectivity index (χ3n) is 5.01. The minimum absolute atomic E-state index is 0.0320. The lowest BCUT2D eigenvalue weighted by Gasteiger charge is -2.32. The van der Waals surface area contributed by atoms with Crippen LogP contribution in [0.2, 0.25) is 0 Å². The lowest BCUT2D eigenvalue weighted by molar-refractivity contribution is 0.0664. The molecule has 1 fully saturated rings. The van der Waals surface area contributed by atoms with E-state index >= 15 is 0 Å². The first-order chi connectivity index (χ1) is 15.0. The van der Waals surface area contributed by atoms with E-state index in [0.29, 0.717) is 30.0 Å². The highest BCUT2D eigenvalue weighted by atomic mass is 19.1. The van der Waals surface area contributed by atoms with Crippen LogP contribution in [0.3, 0.4) is 0 Å². The van der Waals surface area contributed by atoms with Gasteiger partial charge in [0, 0.05) is 43.1 Å². The number of nitrogens with zero attached hydrogens (tertiary/aromatic N) is 4. The number of benzene rings is 2. The van der Waals surface area contributed by atoms with Gasteiger partial charge < -0.3 is 20.4 Å². The summed E-state index contributed by atoms with van der Waals surface area (Å²) in [6.07, 6.45) is 1.04. The molecule has 0 radical (unpaired) electrons. The van der Waals surface area contributed by atoms with E-state index in [4.69, 9.17) is 0 Å². The normalized spacial score (nSPS) is 14.4. The molecule has 160 valence electrons. The Bertz CT molecular complexity index is 1070. The van der Waals surface area contributed by atoms with Crippen molar-refractivity contribution in [1.29, 1.82) is 0 Å². The van der Waals surface area contributed by atoms with Gasteiger partial charge in [0.25, 0.3) is 5.91 Å². The van der Waals surface area contributed by atoms with E-state index in [0.717, 1.165) is 19.3 Å². The molecular weight excluding hydrogens is 402 g/mol. The van der Waals surface area contributed by atoms with E-state index < -0.39 is 5.82 Å². The van der Waals surface area contributed by atoms with Crippen molar-refractivity contribution in [1.82, 2.24) is 19.8 Å². The molecule has 0 atom stereocenters. The highest BCUT2D eigenvalue weighted by Gasteiger charge is 2.20. The number of nitrogens with one attached hydrogen (secondary N) is 2. The molecule has 0 spiro atoms. The summed E-state index contributed by atoms with van der Waals surface area (Å²) in [6.45, 7) is 3.06. The molecule has 0 bridgehead atoms. The summed E-state index contributed by atoms with van der Waals surface area (Å²) < 4.78 is 27.2. The van der Waals surface area contributed by atoms with Gasteiger partial charge in [-0.1, -0.05) is 6.07 Å². The van der Waals surface area contributed by atoms with Crippen LogP contribution in [0.1, 0.15) is 10.4 Å². The van der Waals surface area contributed by atoms with Crippen LogP contribution in [0.15, 0.2) is 54.7 Å². The van der Waals surface area contributed by atoms with Crippen molar-refractivity contribution >= 4 is 29.0 Å². The number of piperazine rings is 1. The highest BCUT2D eigenvalue weighted by molar-refractivity contribution is 5.95. The second-order valence-corrected chi connectivity index (χ2v) is 7.32. The number of hydrogen-bond acceptors (Lipinski definition) is 6. The fraction of sp³-hybridized carbons (Fsp3) is 0.227. The Hall–Kier alpha value is -3.59. The van der Waals surface area contributed by atoms with Crippen LogP contribution in [-0.4, -0.2) is 58.9 Å². The van der Waals surface area contributed by atoms with E-state index in [9.17, 15) is 13.6 Å². The van der Waals surface area contributed by atoms with E-state index in [-0.39, 0.29) is 23.5 Å². The standard InChI is InChI=1S/C22H22F2N6O/c1-29-9-11-30(12-10-29)21(31)15-3-2-4-18(13-15)27-22-25-14-19(24)20(28-22)26-17-7-5-16(23)6-8-17/h2-8,13-14H,9-12H2,1H3,(H2,25,26,27,28). The first-order valence-electron chi connectivity index (χ1n) is 9.88. The predicted molar refractivity (Wildman–Crippen MR) is 115 cm³/mol. The van der Waals surface area contributed by atoms with Crippen LogP contribution in [0.4, 0.5) is 31.9 Å². The summed E-state index contributed by atoms with van der Waals surface area (Å²) in [5, 5.41) is 5.81. The molecular formula is C22H22F2N6O. The molecule has 0 saturated carbocycles. The Morgan fingerprint density at radius 1 is 0.968 bits per heavy atom. The molecule has 1 saturated heterocycles. The van der Waals surface area contributed by atoms with Gasteiger partial charge >= 0.3 is 0 Å². The number of carbonyl (C=O) groups is 1. The van der Waals surface area contributed by atoms with Gasteiger partial charge in [-0.3, -0.25) is 4.79 Å². The molecule has 7 nitrogen and oxygen atoms in total. The summed E-state index contributed by atoms with van der Waals surface area (Å²) in [4.78, 5) is 24.9. The van der Waals surface area contributed by atoms with Gasteiger partial charge in [-0.2, -0.15) is 4.98 Å². The fourth-order valence-corrected chi connectivity index (χ4v) is 3.24. The second-order valence-electron chi connectivity index (χ2n) is 7.32. The quantitative estimate of drug-likeness (QED) is 0.652. The average Bonchev–Trinajstić information content (AvgIpc) is 2.78. The van der Waals surface area contributed by atoms with Gasteiger partial charge in [0.2, 0.25) is 5.95 Å². The summed E-state index contributed by atoms with van der Waals surface area (Å²) in [6, 6.07) is 12.5. The molecule has 2 aromatic carbocycles. The number of amides is 1. The third kappa shape index (κ3) is 5.13. The highest BCUT2D eigenvalue weighted by Crippen LogP contribution is 2.21. The third-order valence-corrected chi connectivity index (χ3v) is 5.01. The van der Waals surface area contributed by atoms with Crippen molar-refractivity contribution in [3.63, 3.8) is 0 Å². The van der Waals surface area contributed by atoms with Crippen LogP contribution < -0.4 is 10.6 Å². The second kappa shape index (κ2) is 9.05. The van der Waals surface area contributed by atoms with Crippen molar-refractivity contribution in [3.8, 4) is 0 Å². The number of anilines is 4. The van der Waals surface area contributed by atoms with Gasteiger partial charge in [0.05, 0.1) is 6.20 Å². The lowest BCUT2D eigenvalue weighted by Crippen LogP contribution is -2.47. The topological polar surface area (TPSA) is 73.4 Å². The maximum absolute atomic E-state index is 14.1. The number of rotatable bonds is 5. The molecule has 2 heterocycles. The van der Waals surface area contributed by atoms with Crippen LogP contribution in [0, 0.1) is 11.6 Å². The van der Waals surface area contributed by atoms with E-state index in [1.54, 1.807) is 24.3 Å². The molecule has 2 N–H and O–H groups in total. The van der Waals surface area contributed by atoms with E-state index in [1.165, 1.54) is 24.3 Å². The van der Waals surface area contributed by atoms with Crippen molar-refractivity contribution in [2.45, 2.75) is 0 Å². The number of aromatic nitrogens is 2. The summed E-state index contributed by atoms with van der Waals surface area (Å²) >= 11 is 0. The molecule has 31 heavy (non-hydrogen) atoms. The van der Waals surface area contributed by atoms with Gasteiger partial charge in [-0.05, 0) is 49.5 Å². The maximum Gasteiger partial charge on any atom is 0.254 e. The number of halogens is 2. The Labute approximate surface area is 178 Å². The number of hydrogen-bond donors (Lipinski definition) is 2. The molecule has 0 aliphatic carbocycles. The van der Waals surface area contributed by atoms with Gasteiger partial charge in [-0.25, -0.2) is 13.8 Å². The summed E-state index contributed by atoms with van der Waals surface area (Å²) in [7, 11) is 2.04. The first-order valence-corrected chi connectivity index (χ1v) is 9.88. The van der Waals surface area contributed by atoms with E-state index in [2.05, 4.69) is 25.5 Å². The molecule has 1 aromatic heterocycles. The number of likely N-dealkylation sites (N-methyl/N-ethyl adjacent to an activating group) is 1. The van der Waals surface area contributed by atoms with Gasteiger partial charge in [0.15, 0.2) is 11.6 Å². The Balaban J connectivity index is 1.48. The van der Waals surface area contributed by atoms with Crippen molar-refractivity contribution in [3.05, 3.63) is 71.9 Å². The molecule has 1 aliphatic rings. The zero-order valence-electron chi connectivity index (χ0n) is 17.0. The van der Waals surface area contributed by atoms with Gasteiger partial charge in [0.1, 0.15) is 5.82 Å². The largest absolute Gasteiger partial charge is 0.338 e. The van der Waals surface area contributed by atoms with Crippen molar-refractivity contribution in [2.24, 2.45) is 0 Å². The van der Waals surface area contributed by atoms with E-state index in [1.807, 2.05) is 11.9 Å². The molecule has 0 unspecified atom stereocenters. The molecule has 4 rings (SSSR count). The Morgan fingerprint density at radius 3 is 2.45 bits per heavy atom. The van der Waals surface area contributed by atoms with Crippen molar-refractivity contribution in [2.75, 3.05) is 43.9 Å². The average molecular weight is 424 g/mol.